The third-order valence-corrected chi connectivity index (χ3v) is 3.26. The van der Waals surface area contributed by atoms with Crippen LogP contribution in [0.1, 0.15) is 30.2 Å². The van der Waals surface area contributed by atoms with Crippen LogP contribution in [0, 0.1) is 0 Å². The van der Waals surface area contributed by atoms with Crippen molar-refractivity contribution in [2.45, 2.75) is 19.9 Å². The van der Waals surface area contributed by atoms with E-state index in [1.165, 1.54) is 4.90 Å². The van der Waals surface area contributed by atoms with E-state index >= 15 is 0 Å². The second kappa shape index (κ2) is 6.99. The van der Waals surface area contributed by atoms with E-state index in [1.807, 2.05) is 19.9 Å². The zero-order chi connectivity index (χ0) is 17.0. The maximum Gasteiger partial charge on any atom is 0.251 e. The lowest BCUT2D eigenvalue weighted by Gasteiger charge is -2.11. The molecule has 2 amide bonds. The van der Waals surface area contributed by atoms with Gasteiger partial charge in [-0.2, -0.15) is 0 Å². The highest BCUT2D eigenvalue weighted by Crippen LogP contribution is 2.19. The van der Waals surface area contributed by atoms with Crippen molar-refractivity contribution in [2.24, 2.45) is 0 Å². The van der Waals surface area contributed by atoms with Crippen LogP contribution in [0.5, 0.6) is 0 Å². The van der Waals surface area contributed by atoms with Gasteiger partial charge in [-0.3, -0.25) is 9.59 Å². The molecule has 122 valence electrons. The Morgan fingerprint density at radius 2 is 2.04 bits per heavy atom. The number of hydrogen-bond donors (Lipinski definition) is 1. The van der Waals surface area contributed by atoms with Crippen LogP contribution >= 0.6 is 0 Å². The lowest BCUT2D eigenvalue weighted by Crippen LogP contribution is -2.36. The molecule has 1 aromatic heterocycles. The van der Waals surface area contributed by atoms with Gasteiger partial charge in [-0.15, -0.1) is 5.10 Å². The molecule has 0 aliphatic heterocycles. The summed E-state index contributed by atoms with van der Waals surface area (Å²) in [5.41, 5.74) is 1.20. The Bertz CT molecular complexity index is 707. The van der Waals surface area contributed by atoms with E-state index < -0.39 is 0 Å². The summed E-state index contributed by atoms with van der Waals surface area (Å²) < 4.78 is 1.69. The summed E-state index contributed by atoms with van der Waals surface area (Å²) in [6.07, 6.45) is 0. The molecule has 1 N–H and O–H groups in total. The summed E-state index contributed by atoms with van der Waals surface area (Å²) in [6.45, 7) is 3.91. The molecule has 2 rings (SSSR count). The molecule has 0 fully saturated rings. The average molecular weight is 316 g/mol. The number of rotatable bonds is 5. The summed E-state index contributed by atoms with van der Waals surface area (Å²) >= 11 is 0. The molecular weight excluding hydrogens is 296 g/mol. The van der Waals surface area contributed by atoms with Gasteiger partial charge in [0, 0.05) is 25.2 Å². The third-order valence-electron chi connectivity index (χ3n) is 3.26. The Labute approximate surface area is 134 Å². The fourth-order valence-electron chi connectivity index (χ4n) is 1.95. The molecule has 0 spiro atoms. The van der Waals surface area contributed by atoms with Gasteiger partial charge in [0.2, 0.25) is 5.91 Å². The maximum absolute atomic E-state index is 12.2. The molecule has 0 aliphatic rings. The number of likely N-dealkylation sites (N-methyl/N-ethyl adjacent to an activating group) is 1. The summed E-state index contributed by atoms with van der Waals surface area (Å²) in [7, 11) is 3.28. The van der Waals surface area contributed by atoms with Crippen LogP contribution in [0.15, 0.2) is 24.3 Å². The smallest absolute Gasteiger partial charge is 0.251 e. The van der Waals surface area contributed by atoms with Gasteiger partial charge in [-0.05, 0) is 36.4 Å². The van der Waals surface area contributed by atoms with Crippen molar-refractivity contribution in [1.82, 2.24) is 30.4 Å². The second-order valence-electron chi connectivity index (χ2n) is 5.59. The minimum Gasteiger partial charge on any atom is -0.347 e. The summed E-state index contributed by atoms with van der Waals surface area (Å²) in [4.78, 5) is 25.1. The average Bonchev–Trinajstić information content (AvgIpc) is 3.02. The molecule has 0 saturated carbocycles. The molecule has 2 aromatic rings. The fourth-order valence-corrected chi connectivity index (χ4v) is 1.95. The molecule has 0 aliphatic carbocycles. The van der Waals surface area contributed by atoms with Gasteiger partial charge in [-0.1, -0.05) is 12.1 Å². The van der Waals surface area contributed by atoms with E-state index in [-0.39, 0.29) is 24.4 Å². The summed E-state index contributed by atoms with van der Waals surface area (Å²) in [5, 5.41) is 14.3. The Balaban J connectivity index is 2.18. The molecule has 0 saturated heterocycles. The molecule has 1 heterocycles. The number of benzene rings is 1. The highest BCUT2D eigenvalue weighted by molar-refractivity contribution is 5.97. The molecule has 1 aromatic carbocycles. The van der Waals surface area contributed by atoms with Gasteiger partial charge in [0.1, 0.15) is 0 Å². The van der Waals surface area contributed by atoms with E-state index in [9.17, 15) is 9.59 Å². The first-order valence-electron chi connectivity index (χ1n) is 7.26. The number of tetrazole rings is 1. The van der Waals surface area contributed by atoms with Gasteiger partial charge >= 0.3 is 0 Å². The number of aromatic nitrogens is 4. The number of hydrogen-bond acceptors (Lipinski definition) is 5. The molecule has 8 heteroatoms. The van der Waals surface area contributed by atoms with E-state index in [1.54, 1.807) is 37.0 Å². The van der Waals surface area contributed by atoms with Crippen molar-refractivity contribution in [3.8, 4) is 11.4 Å². The lowest BCUT2D eigenvalue weighted by molar-refractivity contribution is -0.127. The maximum atomic E-state index is 12.2. The zero-order valence-electron chi connectivity index (χ0n) is 13.6. The molecule has 8 nitrogen and oxygen atoms in total. The first kappa shape index (κ1) is 16.6. The van der Waals surface area contributed by atoms with Gasteiger partial charge < -0.3 is 10.2 Å². The number of amides is 2. The number of carbonyl (C=O) groups excluding carboxylic acids is 2. The topological polar surface area (TPSA) is 93.0 Å². The standard InChI is InChI=1S/C15H20N6O2/c1-10(2)21-14(17-18-19-21)11-6-5-7-12(8-11)15(23)16-9-13(22)20(3)4/h5-8,10H,9H2,1-4H3,(H,16,23). The molecule has 0 atom stereocenters. The fraction of sp³-hybridized carbons (Fsp3) is 0.400. The van der Waals surface area contributed by atoms with E-state index in [0.717, 1.165) is 5.56 Å². The zero-order valence-corrected chi connectivity index (χ0v) is 13.6. The highest BCUT2D eigenvalue weighted by Gasteiger charge is 2.14. The first-order chi connectivity index (χ1) is 10.9. The number of carbonyl (C=O) groups is 2. The van der Waals surface area contributed by atoms with Crippen LogP contribution in [0.2, 0.25) is 0 Å². The molecule has 0 bridgehead atoms. The van der Waals surface area contributed by atoms with E-state index in [2.05, 4.69) is 20.8 Å². The number of nitrogens with zero attached hydrogens (tertiary/aromatic N) is 5. The van der Waals surface area contributed by atoms with E-state index in [0.29, 0.717) is 11.4 Å². The van der Waals surface area contributed by atoms with Gasteiger partial charge in [0.05, 0.1) is 12.6 Å². The van der Waals surface area contributed by atoms with Gasteiger partial charge in [-0.25, -0.2) is 4.68 Å². The van der Waals surface area contributed by atoms with Crippen molar-refractivity contribution in [3.63, 3.8) is 0 Å². The first-order valence-corrected chi connectivity index (χ1v) is 7.26. The SMILES string of the molecule is CC(C)n1nnnc1-c1cccc(C(=O)NCC(=O)N(C)C)c1. The van der Waals surface area contributed by atoms with Crippen molar-refractivity contribution >= 4 is 11.8 Å². The quantitative estimate of drug-likeness (QED) is 0.878. The van der Waals surface area contributed by atoms with Crippen LogP contribution in [-0.2, 0) is 4.79 Å². The van der Waals surface area contributed by atoms with Gasteiger partial charge in [0.15, 0.2) is 5.82 Å². The highest BCUT2D eigenvalue weighted by atomic mass is 16.2. The second-order valence-corrected chi connectivity index (χ2v) is 5.59. The Morgan fingerprint density at radius 3 is 2.70 bits per heavy atom. The third kappa shape index (κ3) is 3.91. The predicted octanol–water partition coefficient (Wildman–Crippen LogP) is 0.739. The Hall–Kier alpha value is -2.77. The summed E-state index contributed by atoms with van der Waals surface area (Å²) in [6, 6.07) is 7.10. The monoisotopic (exact) mass is 316 g/mol. The molecule has 23 heavy (non-hydrogen) atoms. The molecular formula is C15H20N6O2. The normalized spacial score (nSPS) is 10.7. The number of nitrogens with one attached hydrogen (secondary N) is 1. The van der Waals surface area contributed by atoms with Crippen LogP contribution in [0.25, 0.3) is 11.4 Å². The van der Waals surface area contributed by atoms with Crippen molar-refractivity contribution in [3.05, 3.63) is 29.8 Å². The Kier molecular flexibility index (Phi) is 5.05. The largest absolute Gasteiger partial charge is 0.347 e. The van der Waals surface area contributed by atoms with Crippen LogP contribution in [-0.4, -0.2) is 57.6 Å². The lowest BCUT2D eigenvalue weighted by atomic mass is 10.1. The molecule has 0 radical (unpaired) electrons. The van der Waals surface area contributed by atoms with Crippen LogP contribution in [0.3, 0.4) is 0 Å². The Morgan fingerprint density at radius 1 is 1.30 bits per heavy atom. The van der Waals surface area contributed by atoms with Crippen molar-refractivity contribution < 1.29 is 9.59 Å². The van der Waals surface area contributed by atoms with Crippen LogP contribution < -0.4 is 5.32 Å². The van der Waals surface area contributed by atoms with E-state index in [4.69, 9.17) is 0 Å². The predicted molar refractivity (Wildman–Crippen MR) is 84.7 cm³/mol. The van der Waals surface area contributed by atoms with Crippen molar-refractivity contribution in [2.75, 3.05) is 20.6 Å². The van der Waals surface area contributed by atoms with Crippen molar-refractivity contribution in [1.29, 1.82) is 0 Å². The summed E-state index contributed by atoms with van der Waals surface area (Å²) in [5.74, 6) is 0.114. The minimum absolute atomic E-state index is 0.0419. The van der Waals surface area contributed by atoms with Crippen LogP contribution in [0.4, 0.5) is 0 Å². The van der Waals surface area contributed by atoms with Gasteiger partial charge in [0.25, 0.3) is 5.91 Å². The molecule has 0 unspecified atom stereocenters. The minimum atomic E-state index is -0.314.